The van der Waals surface area contributed by atoms with Crippen molar-refractivity contribution in [3.8, 4) is 11.5 Å². The van der Waals surface area contributed by atoms with Crippen LogP contribution in [0.5, 0.6) is 11.5 Å². The van der Waals surface area contributed by atoms with Crippen molar-refractivity contribution in [2.45, 2.75) is 25.8 Å². The van der Waals surface area contributed by atoms with Gasteiger partial charge in [-0.15, -0.1) is 0 Å². The fraction of sp³-hybridized carbons (Fsp3) is 0.316. The van der Waals surface area contributed by atoms with Crippen LogP contribution >= 0.6 is 0 Å². The van der Waals surface area contributed by atoms with Crippen LogP contribution in [-0.4, -0.2) is 41.0 Å². The molecule has 1 saturated heterocycles. The van der Waals surface area contributed by atoms with Crippen LogP contribution in [0, 0.1) is 0 Å². The molecule has 1 atom stereocenters. The molecule has 0 aliphatic carbocycles. The number of carbonyl (C=O) groups excluding carboxylic acids is 2. The first-order valence-electron chi connectivity index (χ1n) is 8.71. The number of ether oxygens (including phenoxy) is 1. The number of nitrogens with zero attached hydrogens (tertiary/aromatic N) is 2. The van der Waals surface area contributed by atoms with Crippen LogP contribution in [-0.2, 0) is 4.79 Å². The third-order valence-electron chi connectivity index (χ3n) is 4.15. The predicted molar refractivity (Wildman–Crippen MR) is 98.2 cm³/mol. The predicted octanol–water partition coefficient (Wildman–Crippen LogP) is 3.01. The van der Waals surface area contributed by atoms with Crippen molar-refractivity contribution in [2.75, 3.05) is 18.4 Å². The third-order valence-corrected chi connectivity index (χ3v) is 4.15. The van der Waals surface area contributed by atoms with Crippen LogP contribution in [0.15, 0.2) is 48.8 Å². The van der Waals surface area contributed by atoms with Gasteiger partial charge < -0.3 is 20.3 Å². The van der Waals surface area contributed by atoms with Gasteiger partial charge in [0.2, 0.25) is 5.91 Å². The summed E-state index contributed by atoms with van der Waals surface area (Å²) in [5, 5.41) is 5.65. The van der Waals surface area contributed by atoms with E-state index in [1.807, 2.05) is 19.1 Å². The standard InChI is InChI=1S/C19H22N4O3/c1-2-21-19(25)23-12-6-9-16(23)18(24)22-15-8-3-4-10-17(15)26-14-7-5-11-20-13-14/h3-5,7-8,10-11,13,16H,2,6,9,12H2,1H3,(H,21,25)(H,22,24)/t16-/m0/s1. The van der Waals surface area contributed by atoms with E-state index in [0.717, 1.165) is 6.42 Å². The summed E-state index contributed by atoms with van der Waals surface area (Å²) in [5.41, 5.74) is 0.559. The molecule has 1 fully saturated rings. The Kier molecular flexibility index (Phi) is 5.68. The summed E-state index contributed by atoms with van der Waals surface area (Å²) in [6.45, 7) is 2.97. The van der Waals surface area contributed by atoms with Crippen molar-refractivity contribution < 1.29 is 14.3 Å². The zero-order chi connectivity index (χ0) is 18.4. The van der Waals surface area contributed by atoms with E-state index in [9.17, 15) is 9.59 Å². The normalized spacial score (nSPS) is 16.2. The number of urea groups is 1. The van der Waals surface area contributed by atoms with Gasteiger partial charge in [-0.05, 0) is 44.0 Å². The van der Waals surface area contributed by atoms with Gasteiger partial charge in [0.05, 0.1) is 11.9 Å². The molecule has 7 nitrogen and oxygen atoms in total. The number of pyridine rings is 1. The highest BCUT2D eigenvalue weighted by Gasteiger charge is 2.34. The zero-order valence-corrected chi connectivity index (χ0v) is 14.6. The van der Waals surface area contributed by atoms with Crippen LogP contribution in [0.4, 0.5) is 10.5 Å². The molecule has 3 amide bonds. The summed E-state index contributed by atoms with van der Waals surface area (Å²) in [4.78, 5) is 30.5. The molecule has 136 valence electrons. The first-order chi connectivity index (χ1) is 12.7. The molecule has 1 aromatic carbocycles. The Morgan fingerprint density at radius 1 is 1.27 bits per heavy atom. The Morgan fingerprint density at radius 2 is 2.12 bits per heavy atom. The molecule has 1 aliphatic heterocycles. The highest BCUT2D eigenvalue weighted by molar-refractivity contribution is 5.98. The molecule has 7 heteroatoms. The minimum atomic E-state index is -0.479. The van der Waals surface area contributed by atoms with Gasteiger partial charge >= 0.3 is 6.03 Å². The first kappa shape index (κ1) is 17.7. The van der Waals surface area contributed by atoms with E-state index in [0.29, 0.717) is 36.7 Å². The molecule has 0 radical (unpaired) electrons. The van der Waals surface area contributed by atoms with Gasteiger partial charge in [-0.1, -0.05) is 12.1 Å². The number of carbonyl (C=O) groups is 2. The summed E-state index contributed by atoms with van der Waals surface area (Å²) in [7, 11) is 0. The minimum absolute atomic E-state index is 0.204. The lowest BCUT2D eigenvalue weighted by Crippen LogP contribution is -2.47. The molecular formula is C19H22N4O3. The Hall–Kier alpha value is -3.09. The van der Waals surface area contributed by atoms with Crippen molar-refractivity contribution in [3.05, 3.63) is 48.8 Å². The topological polar surface area (TPSA) is 83.6 Å². The van der Waals surface area contributed by atoms with E-state index in [4.69, 9.17) is 4.74 Å². The summed E-state index contributed by atoms with van der Waals surface area (Å²) in [5.74, 6) is 0.895. The number of aromatic nitrogens is 1. The highest BCUT2D eigenvalue weighted by atomic mass is 16.5. The maximum Gasteiger partial charge on any atom is 0.318 e. The van der Waals surface area contributed by atoms with Gasteiger partial charge in [0.15, 0.2) is 5.75 Å². The Balaban J connectivity index is 1.72. The van der Waals surface area contributed by atoms with E-state index in [1.54, 1.807) is 41.6 Å². The quantitative estimate of drug-likeness (QED) is 0.864. The number of nitrogens with one attached hydrogen (secondary N) is 2. The Morgan fingerprint density at radius 3 is 2.88 bits per heavy atom. The van der Waals surface area contributed by atoms with Crippen molar-refractivity contribution in [2.24, 2.45) is 0 Å². The number of amides is 3. The van der Waals surface area contributed by atoms with Gasteiger partial charge in [-0.3, -0.25) is 9.78 Å². The molecule has 0 saturated carbocycles. The second-order valence-corrected chi connectivity index (χ2v) is 5.96. The van der Waals surface area contributed by atoms with Gasteiger partial charge in [0.25, 0.3) is 0 Å². The zero-order valence-electron chi connectivity index (χ0n) is 14.6. The molecule has 0 bridgehead atoms. The number of rotatable bonds is 5. The maximum absolute atomic E-state index is 12.7. The van der Waals surface area contributed by atoms with Crippen LogP contribution in [0.3, 0.4) is 0 Å². The van der Waals surface area contributed by atoms with E-state index >= 15 is 0 Å². The van der Waals surface area contributed by atoms with Gasteiger partial charge in [0.1, 0.15) is 11.8 Å². The van der Waals surface area contributed by atoms with E-state index in [1.165, 1.54) is 0 Å². The number of hydrogen-bond acceptors (Lipinski definition) is 4. The second-order valence-electron chi connectivity index (χ2n) is 5.96. The average Bonchev–Trinajstić information content (AvgIpc) is 3.14. The van der Waals surface area contributed by atoms with Crippen LogP contribution in [0.1, 0.15) is 19.8 Å². The fourth-order valence-corrected chi connectivity index (χ4v) is 2.94. The smallest absolute Gasteiger partial charge is 0.318 e. The lowest BCUT2D eigenvalue weighted by molar-refractivity contribution is -0.119. The van der Waals surface area contributed by atoms with Crippen LogP contribution in [0.2, 0.25) is 0 Å². The minimum Gasteiger partial charge on any atom is -0.454 e. The summed E-state index contributed by atoms with van der Waals surface area (Å²) >= 11 is 0. The monoisotopic (exact) mass is 354 g/mol. The van der Waals surface area contributed by atoms with E-state index in [2.05, 4.69) is 15.6 Å². The first-order valence-corrected chi connectivity index (χ1v) is 8.71. The molecule has 0 unspecified atom stereocenters. The van der Waals surface area contributed by atoms with Gasteiger partial charge in [0, 0.05) is 19.3 Å². The summed E-state index contributed by atoms with van der Waals surface area (Å²) in [6, 6.07) is 10.1. The number of anilines is 1. The molecule has 2 heterocycles. The fourth-order valence-electron chi connectivity index (χ4n) is 2.94. The van der Waals surface area contributed by atoms with Gasteiger partial charge in [-0.25, -0.2) is 4.79 Å². The third kappa shape index (κ3) is 4.11. The Labute approximate surface area is 152 Å². The SMILES string of the molecule is CCNC(=O)N1CCC[C@H]1C(=O)Nc1ccccc1Oc1cccnc1. The van der Waals surface area contributed by atoms with Crippen LogP contribution in [0.25, 0.3) is 0 Å². The summed E-state index contributed by atoms with van der Waals surface area (Å²) in [6.07, 6.45) is 4.72. The lowest BCUT2D eigenvalue weighted by atomic mass is 10.2. The molecule has 2 aromatic rings. The van der Waals surface area contributed by atoms with E-state index < -0.39 is 6.04 Å². The molecule has 1 aliphatic rings. The molecule has 1 aromatic heterocycles. The number of para-hydroxylation sites is 2. The second kappa shape index (κ2) is 8.33. The number of likely N-dealkylation sites (tertiary alicyclic amines) is 1. The lowest BCUT2D eigenvalue weighted by Gasteiger charge is -2.24. The molecule has 0 spiro atoms. The van der Waals surface area contributed by atoms with Gasteiger partial charge in [-0.2, -0.15) is 0 Å². The maximum atomic E-state index is 12.7. The Bertz CT molecular complexity index is 766. The number of hydrogen-bond donors (Lipinski definition) is 2. The van der Waals surface area contributed by atoms with Crippen LogP contribution < -0.4 is 15.4 Å². The molecule has 2 N–H and O–H groups in total. The summed E-state index contributed by atoms with van der Waals surface area (Å²) < 4.78 is 5.82. The molecule has 26 heavy (non-hydrogen) atoms. The molecule has 3 rings (SSSR count). The largest absolute Gasteiger partial charge is 0.454 e. The number of benzene rings is 1. The average molecular weight is 354 g/mol. The van der Waals surface area contributed by atoms with Crippen molar-refractivity contribution in [1.82, 2.24) is 15.2 Å². The molecular weight excluding hydrogens is 332 g/mol. The van der Waals surface area contributed by atoms with Crippen molar-refractivity contribution in [3.63, 3.8) is 0 Å². The van der Waals surface area contributed by atoms with Crippen molar-refractivity contribution in [1.29, 1.82) is 0 Å². The highest BCUT2D eigenvalue weighted by Crippen LogP contribution is 2.29. The van der Waals surface area contributed by atoms with Crippen molar-refractivity contribution >= 4 is 17.6 Å². The van der Waals surface area contributed by atoms with E-state index in [-0.39, 0.29) is 11.9 Å².